The average molecular weight is 552 g/mol. The quantitative estimate of drug-likeness (QED) is 0.155. The van der Waals surface area contributed by atoms with Crippen LogP contribution in [0.2, 0.25) is 0 Å². The van der Waals surface area contributed by atoms with Gasteiger partial charge in [0.05, 0.1) is 6.61 Å². The highest BCUT2D eigenvalue weighted by molar-refractivity contribution is 5.95. The van der Waals surface area contributed by atoms with Crippen LogP contribution in [0.1, 0.15) is 31.4 Å². The number of carbonyl (C=O) groups excluding carboxylic acids is 3. The molecule has 1 heterocycles. The molecule has 0 saturated heterocycles. The molecular weight excluding hydrogens is 514 g/mol. The van der Waals surface area contributed by atoms with Gasteiger partial charge in [0.25, 0.3) is 0 Å². The molecule has 0 spiro atoms. The van der Waals surface area contributed by atoms with Gasteiger partial charge in [0, 0.05) is 29.9 Å². The summed E-state index contributed by atoms with van der Waals surface area (Å²) in [5, 5.41) is 27.8. The number of amides is 3. The zero-order chi connectivity index (χ0) is 29.2. The number of aromatic amines is 1. The minimum atomic E-state index is -1.23. The first-order valence-electron chi connectivity index (χ1n) is 13.2. The number of H-pyrrole nitrogens is 1. The summed E-state index contributed by atoms with van der Waals surface area (Å²) >= 11 is 0. The maximum Gasteiger partial charge on any atom is 0.326 e. The summed E-state index contributed by atoms with van der Waals surface area (Å²) in [5.74, 6) is -3.53. The van der Waals surface area contributed by atoms with Gasteiger partial charge in [-0.3, -0.25) is 14.4 Å². The maximum atomic E-state index is 13.5. The summed E-state index contributed by atoms with van der Waals surface area (Å²) in [6.07, 6.45) is 2.39. The number of rotatable bonds is 14. The first-order valence-corrected chi connectivity index (χ1v) is 13.2. The Labute approximate surface area is 232 Å². The first-order chi connectivity index (χ1) is 19.1. The minimum absolute atomic E-state index is 0.0558. The Morgan fingerprint density at radius 3 is 2.17 bits per heavy atom. The van der Waals surface area contributed by atoms with E-state index >= 15 is 0 Å². The van der Waals surface area contributed by atoms with Crippen LogP contribution in [0, 0.1) is 5.92 Å². The van der Waals surface area contributed by atoms with Crippen molar-refractivity contribution >= 4 is 34.6 Å². The third kappa shape index (κ3) is 7.90. The molecule has 0 aliphatic heterocycles. The number of para-hydroxylation sites is 1. The van der Waals surface area contributed by atoms with Gasteiger partial charge in [-0.1, -0.05) is 68.8 Å². The number of benzene rings is 2. The van der Waals surface area contributed by atoms with Crippen molar-refractivity contribution in [3.8, 4) is 0 Å². The highest BCUT2D eigenvalue weighted by Crippen LogP contribution is 2.20. The van der Waals surface area contributed by atoms with Crippen LogP contribution in [0.25, 0.3) is 10.9 Å². The van der Waals surface area contributed by atoms with Crippen LogP contribution >= 0.6 is 0 Å². The van der Waals surface area contributed by atoms with Crippen molar-refractivity contribution in [2.24, 2.45) is 11.7 Å². The third-order valence-corrected chi connectivity index (χ3v) is 6.96. The molecule has 0 radical (unpaired) electrons. The van der Waals surface area contributed by atoms with E-state index in [1.807, 2.05) is 37.3 Å². The molecule has 3 amide bonds. The van der Waals surface area contributed by atoms with E-state index in [1.54, 1.807) is 37.4 Å². The summed E-state index contributed by atoms with van der Waals surface area (Å²) in [6.45, 7) is 3.02. The number of carboxylic acid groups (broad SMARTS) is 1. The number of nitrogens with two attached hydrogens (primary N) is 1. The lowest BCUT2D eigenvalue weighted by Gasteiger charge is -2.28. The molecule has 5 atom stereocenters. The van der Waals surface area contributed by atoms with E-state index in [-0.39, 0.29) is 18.8 Å². The van der Waals surface area contributed by atoms with Crippen molar-refractivity contribution in [1.29, 1.82) is 0 Å². The molecule has 3 rings (SSSR count). The molecule has 0 aliphatic carbocycles. The Morgan fingerprint density at radius 2 is 1.52 bits per heavy atom. The number of hydrogen-bond donors (Lipinski definition) is 7. The molecule has 0 bridgehead atoms. The normalized spacial score (nSPS) is 14.9. The molecule has 11 nitrogen and oxygen atoms in total. The molecule has 0 saturated carbocycles. The van der Waals surface area contributed by atoms with Gasteiger partial charge >= 0.3 is 5.97 Å². The molecule has 0 fully saturated rings. The lowest BCUT2D eigenvalue weighted by Crippen LogP contribution is -2.59. The fraction of sp³-hybridized carbons (Fsp3) is 0.379. The van der Waals surface area contributed by atoms with Crippen LogP contribution in [0.4, 0.5) is 0 Å². The molecule has 214 valence electrons. The van der Waals surface area contributed by atoms with Crippen molar-refractivity contribution < 1.29 is 29.4 Å². The predicted octanol–water partition coefficient (Wildman–Crippen LogP) is 0.858. The molecule has 2 aromatic carbocycles. The summed E-state index contributed by atoms with van der Waals surface area (Å²) in [5.41, 5.74) is 7.95. The maximum absolute atomic E-state index is 13.5. The summed E-state index contributed by atoms with van der Waals surface area (Å²) in [4.78, 5) is 54.6. The van der Waals surface area contributed by atoms with E-state index in [1.165, 1.54) is 0 Å². The largest absolute Gasteiger partial charge is 0.480 e. The number of carboxylic acids is 1. The first kappa shape index (κ1) is 30.3. The number of aliphatic carboxylic acids is 1. The Kier molecular flexibility index (Phi) is 10.8. The molecule has 0 aliphatic rings. The number of aromatic nitrogens is 1. The lowest BCUT2D eigenvalue weighted by molar-refractivity contribution is -0.142. The number of aliphatic hydroxyl groups is 1. The van der Waals surface area contributed by atoms with E-state index in [4.69, 9.17) is 5.73 Å². The van der Waals surface area contributed by atoms with Gasteiger partial charge in [-0.15, -0.1) is 0 Å². The van der Waals surface area contributed by atoms with Gasteiger partial charge in [0.2, 0.25) is 17.7 Å². The third-order valence-electron chi connectivity index (χ3n) is 6.96. The van der Waals surface area contributed by atoms with E-state index in [9.17, 15) is 29.4 Å². The summed E-state index contributed by atoms with van der Waals surface area (Å²) in [6, 6.07) is 11.8. The number of aliphatic hydroxyl groups excluding tert-OH is 1. The second kappa shape index (κ2) is 14.2. The van der Waals surface area contributed by atoms with Crippen LogP contribution in [0.3, 0.4) is 0 Å². The van der Waals surface area contributed by atoms with Crippen LogP contribution < -0.4 is 21.7 Å². The van der Waals surface area contributed by atoms with E-state index < -0.39 is 54.5 Å². The van der Waals surface area contributed by atoms with Gasteiger partial charge in [0.1, 0.15) is 24.2 Å². The molecule has 1 aromatic heterocycles. The van der Waals surface area contributed by atoms with Crippen molar-refractivity contribution in [2.45, 2.75) is 57.3 Å². The Morgan fingerprint density at radius 1 is 0.875 bits per heavy atom. The fourth-order valence-corrected chi connectivity index (χ4v) is 4.36. The smallest absolute Gasteiger partial charge is 0.326 e. The zero-order valence-electron chi connectivity index (χ0n) is 22.6. The van der Waals surface area contributed by atoms with Gasteiger partial charge in [-0.25, -0.2) is 4.79 Å². The molecular formula is C29H37N5O6. The topological polar surface area (TPSA) is 187 Å². The van der Waals surface area contributed by atoms with Crippen LogP contribution in [0.5, 0.6) is 0 Å². The van der Waals surface area contributed by atoms with Crippen molar-refractivity contribution in [2.75, 3.05) is 6.61 Å². The van der Waals surface area contributed by atoms with E-state index in [0.29, 0.717) is 6.42 Å². The predicted molar refractivity (Wildman–Crippen MR) is 150 cm³/mol. The van der Waals surface area contributed by atoms with Crippen molar-refractivity contribution in [3.63, 3.8) is 0 Å². The summed E-state index contributed by atoms with van der Waals surface area (Å²) in [7, 11) is 0. The molecule has 3 aromatic rings. The summed E-state index contributed by atoms with van der Waals surface area (Å²) < 4.78 is 0. The monoisotopic (exact) mass is 551 g/mol. The fourth-order valence-electron chi connectivity index (χ4n) is 4.36. The molecule has 5 unspecified atom stereocenters. The van der Waals surface area contributed by atoms with Gasteiger partial charge in [0.15, 0.2) is 0 Å². The number of nitrogens with one attached hydrogen (secondary N) is 4. The van der Waals surface area contributed by atoms with Gasteiger partial charge in [-0.05, 0) is 23.1 Å². The van der Waals surface area contributed by atoms with Crippen molar-refractivity contribution in [1.82, 2.24) is 20.9 Å². The SMILES string of the molecule is CCC(C)C(NC(=O)C(N)CO)C(=O)NC(Cc1c[nH]c2ccccc12)C(=O)NC(Cc1ccccc1)C(=O)O. The van der Waals surface area contributed by atoms with Gasteiger partial charge in [-0.2, -0.15) is 0 Å². The Balaban J connectivity index is 1.88. The highest BCUT2D eigenvalue weighted by Gasteiger charge is 2.33. The second-order valence-electron chi connectivity index (χ2n) is 9.87. The number of carbonyl (C=O) groups is 4. The van der Waals surface area contributed by atoms with Crippen LogP contribution in [-0.4, -0.2) is 69.7 Å². The standard InChI is InChI=1S/C29H37N5O6/c1-3-17(2)25(34-26(36)21(30)16-35)28(38)32-23(14-19-15-31-22-12-8-7-11-20(19)22)27(37)33-24(29(39)40)13-18-9-5-4-6-10-18/h4-12,15,17,21,23-25,31,35H,3,13-14,16,30H2,1-2H3,(H,32,38)(H,33,37)(H,34,36)(H,39,40). The van der Waals surface area contributed by atoms with Gasteiger partial charge < -0.3 is 36.9 Å². The zero-order valence-corrected chi connectivity index (χ0v) is 22.6. The van der Waals surface area contributed by atoms with E-state index in [0.717, 1.165) is 22.0 Å². The van der Waals surface area contributed by atoms with Crippen LogP contribution in [0.15, 0.2) is 60.8 Å². The minimum Gasteiger partial charge on any atom is -0.480 e. The Bertz CT molecular complexity index is 1310. The van der Waals surface area contributed by atoms with E-state index in [2.05, 4.69) is 20.9 Å². The Hall–Kier alpha value is -4.22. The number of hydrogen-bond acceptors (Lipinski definition) is 6. The average Bonchev–Trinajstić information content (AvgIpc) is 3.37. The molecule has 40 heavy (non-hydrogen) atoms. The molecule has 11 heteroatoms. The van der Waals surface area contributed by atoms with Crippen LogP contribution in [-0.2, 0) is 32.0 Å². The lowest BCUT2D eigenvalue weighted by atomic mass is 9.96. The number of fused-ring (bicyclic) bond motifs is 1. The molecule has 8 N–H and O–H groups in total. The van der Waals surface area contributed by atoms with Crippen molar-refractivity contribution in [3.05, 3.63) is 71.9 Å². The highest BCUT2D eigenvalue weighted by atomic mass is 16.4. The second-order valence-corrected chi connectivity index (χ2v) is 9.87.